The maximum absolute atomic E-state index is 6.28. The highest BCUT2D eigenvalue weighted by molar-refractivity contribution is 6.61. The Morgan fingerprint density at radius 3 is 1.35 bits per heavy atom. The van der Waals surface area contributed by atoms with Crippen molar-refractivity contribution in [2.75, 3.05) is 0 Å². The quantitative estimate of drug-likeness (QED) is 0.683. The lowest BCUT2D eigenvalue weighted by molar-refractivity contribution is 0.159. The van der Waals surface area contributed by atoms with Crippen molar-refractivity contribution >= 4 is 12.6 Å². The molecule has 3 aromatic rings. The van der Waals surface area contributed by atoms with Gasteiger partial charge >= 0.3 is 7.12 Å². The zero-order chi connectivity index (χ0) is 15.5. The van der Waals surface area contributed by atoms with Gasteiger partial charge in [-0.15, -0.1) is 0 Å². The Kier molecular flexibility index (Phi) is 3.97. The molecule has 3 aromatic carbocycles. The molecule has 2 nitrogen and oxygen atoms in total. The molecule has 23 heavy (non-hydrogen) atoms. The van der Waals surface area contributed by atoms with Gasteiger partial charge in [-0.1, -0.05) is 91.0 Å². The summed E-state index contributed by atoms with van der Waals surface area (Å²) in [7, 11) is -0.341. The van der Waals surface area contributed by atoms with Crippen LogP contribution < -0.4 is 5.46 Å². The van der Waals surface area contributed by atoms with Crippen LogP contribution in [-0.4, -0.2) is 7.12 Å². The van der Waals surface area contributed by atoms with E-state index in [1.54, 1.807) is 0 Å². The highest BCUT2D eigenvalue weighted by Gasteiger charge is 2.42. The summed E-state index contributed by atoms with van der Waals surface area (Å²) in [5.74, 6) is 0. The topological polar surface area (TPSA) is 18.5 Å². The standard InChI is InChI=1S/C20H17BO2/c1-4-10-16(11-5-1)19-20(17-12-6-2-7-13-17)23-21(22-19)18-14-8-3-9-15-18/h1-15,19-20H. The molecule has 1 fully saturated rings. The molecule has 0 amide bonds. The van der Waals surface area contributed by atoms with E-state index in [1.807, 2.05) is 66.7 Å². The van der Waals surface area contributed by atoms with Gasteiger partial charge in [-0.05, 0) is 16.6 Å². The lowest BCUT2D eigenvalue weighted by Gasteiger charge is -2.19. The largest absolute Gasteiger partial charge is 0.494 e. The Bertz CT molecular complexity index is 699. The maximum Gasteiger partial charge on any atom is 0.494 e. The molecule has 2 atom stereocenters. The Morgan fingerprint density at radius 2 is 0.913 bits per heavy atom. The fourth-order valence-corrected chi connectivity index (χ4v) is 3.00. The van der Waals surface area contributed by atoms with Crippen LogP contribution >= 0.6 is 0 Å². The van der Waals surface area contributed by atoms with E-state index in [9.17, 15) is 0 Å². The molecule has 4 rings (SSSR count). The van der Waals surface area contributed by atoms with Crippen molar-refractivity contribution in [3.63, 3.8) is 0 Å². The predicted octanol–water partition coefficient (Wildman–Crippen LogP) is 3.91. The van der Waals surface area contributed by atoms with E-state index >= 15 is 0 Å². The van der Waals surface area contributed by atoms with Gasteiger partial charge in [-0.2, -0.15) is 0 Å². The Labute approximate surface area is 136 Å². The van der Waals surface area contributed by atoms with Crippen LogP contribution in [0.15, 0.2) is 91.0 Å². The second kappa shape index (κ2) is 6.41. The lowest BCUT2D eigenvalue weighted by Crippen LogP contribution is -2.31. The van der Waals surface area contributed by atoms with Crippen LogP contribution in [0, 0.1) is 0 Å². The molecule has 0 bridgehead atoms. The molecule has 0 N–H and O–H groups in total. The normalized spacial score (nSPS) is 20.6. The molecule has 1 saturated heterocycles. The zero-order valence-corrected chi connectivity index (χ0v) is 12.7. The van der Waals surface area contributed by atoms with Crippen molar-refractivity contribution in [3.8, 4) is 0 Å². The van der Waals surface area contributed by atoms with Crippen molar-refractivity contribution in [1.29, 1.82) is 0 Å². The van der Waals surface area contributed by atoms with E-state index in [2.05, 4.69) is 24.3 Å². The smallest absolute Gasteiger partial charge is 0.397 e. The first-order valence-electron chi connectivity index (χ1n) is 7.87. The first kappa shape index (κ1) is 14.3. The first-order chi connectivity index (χ1) is 11.4. The van der Waals surface area contributed by atoms with E-state index in [0.717, 1.165) is 16.6 Å². The summed E-state index contributed by atoms with van der Waals surface area (Å²) in [4.78, 5) is 0. The van der Waals surface area contributed by atoms with Gasteiger partial charge < -0.3 is 9.31 Å². The Morgan fingerprint density at radius 1 is 0.522 bits per heavy atom. The summed E-state index contributed by atoms with van der Waals surface area (Å²) in [5, 5.41) is 0. The maximum atomic E-state index is 6.28. The van der Waals surface area contributed by atoms with Crippen molar-refractivity contribution in [2.24, 2.45) is 0 Å². The monoisotopic (exact) mass is 300 g/mol. The average molecular weight is 300 g/mol. The highest BCUT2D eigenvalue weighted by atomic mass is 16.7. The van der Waals surface area contributed by atoms with E-state index in [0.29, 0.717) is 0 Å². The Balaban J connectivity index is 1.70. The van der Waals surface area contributed by atoms with Crippen LogP contribution in [0.5, 0.6) is 0 Å². The van der Waals surface area contributed by atoms with Crippen LogP contribution in [0.1, 0.15) is 23.3 Å². The average Bonchev–Trinajstić information content (AvgIpc) is 3.09. The van der Waals surface area contributed by atoms with Gasteiger partial charge in [0.05, 0.1) is 12.2 Å². The first-order valence-corrected chi connectivity index (χ1v) is 7.87. The molecule has 3 heteroatoms. The molecular weight excluding hydrogens is 283 g/mol. The summed E-state index contributed by atoms with van der Waals surface area (Å²) in [6.07, 6.45) is -0.215. The minimum Gasteiger partial charge on any atom is -0.397 e. The lowest BCUT2D eigenvalue weighted by atomic mass is 9.79. The summed E-state index contributed by atoms with van der Waals surface area (Å²) < 4.78 is 12.6. The number of hydrogen-bond acceptors (Lipinski definition) is 2. The van der Waals surface area contributed by atoms with Crippen molar-refractivity contribution in [1.82, 2.24) is 0 Å². The van der Waals surface area contributed by atoms with Crippen LogP contribution in [0.3, 0.4) is 0 Å². The number of hydrogen-bond donors (Lipinski definition) is 0. The second-order valence-electron chi connectivity index (χ2n) is 5.68. The van der Waals surface area contributed by atoms with Gasteiger partial charge in [0.2, 0.25) is 0 Å². The van der Waals surface area contributed by atoms with Crippen molar-refractivity contribution in [3.05, 3.63) is 102 Å². The third-order valence-electron chi connectivity index (χ3n) is 4.14. The van der Waals surface area contributed by atoms with Gasteiger partial charge in [0.1, 0.15) is 0 Å². The summed E-state index contributed by atoms with van der Waals surface area (Å²) >= 11 is 0. The Hall–Kier alpha value is -2.36. The van der Waals surface area contributed by atoms with Crippen LogP contribution in [0.4, 0.5) is 0 Å². The molecule has 0 saturated carbocycles. The summed E-state index contributed by atoms with van der Waals surface area (Å²) in [6.45, 7) is 0. The van der Waals surface area contributed by atoms with E-state index in [1.165, 1.54) is 0 Å². The third-order valence-corrected chi connectivity index (χ3v) is 4.14. The van der Waals surface area contributed by atoms with Crippen LogP contribution in [-0.2, 0) is 9.31 Å². The molecular formula is C20H17BO2. The number of benzene rings is 3. The molecule has 0 aromatic heterocycles. The zero-order valence-electron chi connectivity index (χ0n) is 12.7. The van der Waals surface area contributed by atoms with E-state index in [-0.39, 0.29) is 19.3 Å². The number of rotatable bonds is 3. The van der Waals surface area contributed by atoms with Gasteiger partial charge in [0.15, 0.2) is 0 Å². The molecule has 1 heterocycles. The molecule has 0 radical (unpaired) electrons. The van der Waals surface area contributed by atoms with E-state index in [4.69, 9.17) is 9.31 Å². The van der Waals surface area contributed by atoms with Gasteiger partial charge in [-0.25, -0.2) is 0 Å². The molecule has 2 unspecified atom stereocenters. The van der Waals surface area contributed by atoms with Gasteiger partial charge in [0, 0.05) is 0 Å². The second-order valence-corrected chi connectivity index (χ2v) is 5.68. The third kappa shape index (κ3) is 2.94. The van der Waals surface area contributed by atoms with Crippen LogP contribution in [0.25, 0.3) is 0 Å². The van der Waals surface area contributed by atoms with E-state index < -0.39 is 0 Å². The SMILES string of the molecule is c1ccc(B2OC(c3ccccc3)C(c3ccccc3)O2)cc1. The van der Waals surface area contributed by atoms with Crippen molar-refractivity contribution < 1.29 is 9.31 Å². The fraction of sp³-hybridized carbons (Fsp3) is 0.100. The molecule has 1 aliphatic heterocycles. The van der Waals surface area contributed by atoms with Crippen molar-refractivity contribution in [2.45, 2.75) is 12.2 Å². The highest BCUT2D eigenvalue weighted by Crippen LogP contribution is 2.41. The van der Waals surface area contributed by atoms with Gasteiger partial charge in [0.25, 0.3) is 0 Å². The van der Waals surface area contributed by atoms with Crippen LogP contribution in [0.2, 0.25) is 0 Å². The minimum absolute atomic E-state index is 0.108. The molecule has 1 aliphatic rings. The minimum atomic E-state index is -0.341. The van der Waals surface area contributed by atoms with Gasteiger partial charge in [-0.3, -0.25) is 0 Å². The predicted molar refractivity (Wildman–Crippen MR) is 92.4 cm³/mol. The molecule has 0 spiro atoms. The molecule has 112 valence electrons. The summed E-state index contributed by atoms with van der Waals surface area (Å²) in [6, 6.07) is 30.7. The molecule has 0 aliphatic carbocycles. The fourth-order valence-electron chi connectivity index (χ4n) is 3.00. The summed E-state index contributed by atoms with van der Waals surface area (Å²) in [5.41, 5.74) is 3.33.